The van der Waals surface area contributed by atoms with Crippen molar-refractivity contribution in [1.82, 2.24) is 10.3 Å². The van der Waals surface area contributed by atoms with E-state index in [1.54, 1.807) is 0 Å². The Balaban J connectivity index is 1.32. The number of amides is 1. The predicted octanol–water partition coefficient (Wildman–Crippen LogP) is 6.41. The molecule has 0 bridgehead atoms. The van der Waals surface area contributed by atoms with Gasteiger partial charge < -0.3 is 10.3 Å². The fourth-order valence-corrected chi connectivity index (χ4v) is 4.26. The number of hydrogen-bond acceptors (Lipinski definition) is 1. The van der Waals surface area contributed by atoms with Gasteiger partial charge in [0.2, 0.25) is 5.91 Å². The lowest BCUT2D eigenvalue weighted by Gasteiger charge is -2.15. The van der Waals surface area contributed by atoms with Gasteiger partial charge in [0.05, 0.1) is 18.0 Å². The van der Waals surface area contributed by atoms with Crippen LogP contribution in [0.4, 0.5) is 0 Å². The second kappa shape index (κ2) is 8.11. The van der Waals surface area contributed by atoms with Crippen LogP contribution in [0, 0.1) is 0 Å². The molecule has 1 aromatic heterocycles. The van der Waals surface area contributed by atoms with Crippen molar-refractivity contribution in [1.29, 1.82) is 0 Å². The average molecular weight is 405 g/mol. The van der Waals surface area contributed by atoms with Crippen LogP contribution in [0.25, 0.3) is 32.9 Å². The molecule has 0 radical (unpaired) electrons. The molecule has 0 aliphatic rings. The SMILES string of the molecule is CC(NC(=O)Cc1ccc(-c2ccccc2)cc1)c1cccc2c1[nH]c1ccccc12. The summed E-state index contributed by atoms with van der Waals surface area (Å²) < 4.78 is 0. The molecule has 1 heterocycles. The van der Waals surface area contributed by atoms with Crippen LogP contribution in [-0.4, -0.2) is 10.9 Å². The van der Waals surface area contributed by atoms with Crippen LogP contribution in [0.15, 0.2) is 97.1 Å². The molecular weight excluding hydrogens is 380 g/mol. The lowest BCUT2D eigenvalue weighted by Crippen LogP contribution is -2.28. The maximum atomic E-state index is 12.7. The van der Waals surface area contributed by atoms with Gasteiger partial charge in [-0.25, -0.2) is 0 Å². The summed E-state index contributed by atoms with van der Waals surface area (Å²) in [6.07, 6.45) is 0.363. The van der Waals surface area contributed by atoms with Gasteiger partial charge in [0.15, 0.2) is 0 Å². The molecule has 0 aliphatic heterocycles. The van der Waals surface area contributed by atoms with Crippen LogP contribution < -0.4 is 5.32 Å². The molecule has 5 aromatic rings. The summed E-state index contributed by atoms with van der Waals surface area (Å²) in [6.45, 7) is 2.04. The standard InChI is InChI=1S/C28H24N2O/c1-19(23-11-7-12-25-24-10-5-6-13-26(24)30-28(23)25)29-27(31)18-20-14-16-22(17-15-20)21-8-3-2-4-9-21/h2-17,19,30H,18H2,1H3,(H,29,31). The number of para-hydroxylation sites is 2. The van der Waals surface area contributed by atoms with Crippen molar-refractivity contribution in [3.05, 3.63) is 108 Å². The largest absolute Gasteiger partial charge is 0.354 e. The molecule has 0 aliphatic carbocycles. The zero-order valence-electron chi connectivity index (χ0n) is 17.4. The number of hydrogen-bond donors (Lipinski definition) is 2. The number of nitrogens with one attached hydrogen (secondary N) is 2. The van der Waals surface area contributed by atoms with Crippen LogP contribution in [0.2, 0.25) is 0 Å². The number of rotatable bonds is 5. The number of aromatic nitrogens is 1. The Morgan fingerprint density at radius 2 is 1.45 bits per heavy atom. The van der Waals surface area contributed by atoms with Gasteiger partial charge in [-0.3, -0.25) is 4.79 Å². The Morgan fingerprint density at radius 1 is 0.774 bits per heavy atom. The third-order valence-electron chi connectivity index (χ3n) is 5.84. The molecule has 2 N–H and O–H groups in total. The van der Waals surface area contributed by atoms with E-state index in [-0.39, 0.29) is 11.9 Å². The number of benzene rings is 4. The van der Waals surface area contributed by atoms with Crippen molar-refractivity contribution in [2.24, 2.45) is 0 Å². The fraction of sp³-hybridized carbons (Fsp3) is 0.107. The van der Waals surface area contributed by atoms with Crippen molar-refractivity contribution in [3.8, 4) is 11.1 Å². The lowest BCUT2D eigenvalue weighted by atomic mass is 10.0. The Hall–Kier alpha value is -3.85. The van der Waals surface area contributed by atoms with Crippen molar-refractivity contribution in [3.63, 3.8) is 0 Å². The highest BCUT2D eigenvalue weighted by Crippen LogP contribution is 2.30. The van der Waals surface area contributed by atoms with Gasteiger partial charge >= 0.3 is 0 Å². The smallest absolute Gasteiger partial charge is 0.224 e. The minimum Gasteiger partial charge on any atom is -0.354 e. The van der Waals surface area contributed by atoms with E-state index >= 15 is 0 Å². The van der Waals surface area contributed by atoms with E-state index in [0.717, 1.165) is 27.7 Å². The molecule has 5 rings (SSSR count). The zero-order chi connectivity index (χ0) is 21.2. The molecule has 1 amide bonds. The second-order valence-corrected chi connectivity index (χ2v) is 7.97. The van der Waals surface area contributed by atoms with Crippen molar-refractivity contribution in [2.45, 2.75) is 19.4 Å². The first-order valence-electron chi connectivity index (χ1n) is 10.6. The summed E-state index contributed by atoms with van der Waals surface area (Å²) in [5, 5.41) is 5.56. The highest BCUT2D eigenvalue weighted by molar-refractivity contribution is 6.08. The number of carbonyl (C=O) groups is 1. The lowest BCUT2D eigenvalue weighted by molar-refractivity contribution is -0.121. The summed E-state index contributed by atoms with van der Waals surface area (Å²) >= 11 is 0. The summed E-state index contributed by atoms with van der Waals surface area (Å²) in [7, 11) is 0. The zero-order valence-corrected chi connectivity index (χ0v) is 17.4. The van der Waals surface area contributed by atoms with E-state index in [1.165, 1.54) is 16.3 Å². The van der Waals surface area contributed by atoms with Crippen molar-refractivity contribution >= 4 is 27.7 Å². The third kappa shape index (κ3) is 3.82. The Morgan fingerprint density at radius 3 is 2.26 bits per heavy atom. The van der Waals surface area contributed by atoms with Gasteiger partial charge in [-0.2, -0.15) is 0 Å². The maximum absolute atomic E-state index is 12.7. The summed E-state index contributed by atoms with van der Waals surface area (Å²) in [6, 6.07) is 33.0. The van der Waals surface area contributed by atoms with Crippen molar-refractivity contribution < 1.29 is 4.79 Å². The van der Waals surface area contributed by atoms with E-state index in [9.17, 15) is 4.79 Å². The molecule has 0 saturated carbocycles. The maximum Gasteiger partial charge on any atom is 0.224 e. The molecule has 0 fully saturated rings. The second-order valence-electron chi connectivity index (χ2n) is 7.97. The first-order chi connectivity index (χ1) is 15.2. The Labute approximate surface area is 181 Å². The van der Waals surface area contributed by atoms with Gasteiger partial charge in [-0.15, -0.1) is 0 Å². The number of H-pyrrole nitrogens is 1. The van der Waals surface area contributed by atoms with Crippen LogP contribution in [0.3, 0.4) is 0 Å². The number of aromatic amines is 1. The quantitative estimate of drug-likeness (QED) is 0.349. The summed E-state index contributed by atoms with van der Waals surface area (Å²) in [4.78, 5) is 16.3. The molecule has 0 saturated heterocycles. The Kier molecular flexibility index (Phi) is 5.01. The van der Waals surface area contributed by atoms with Gasteiger partial charge in [0.25, 0.3) is 0 Å². The molecular formula is C28H24N2O. The fourth-order valence-electron chi connectivity index (χ4n) is 4.26. The average Bonchev–Trinajstić information content (AvgIpc) is 3.19. The molecule has 3 heteroatoms. The molecule has 1 unspecified atom stereocenters. The molecule has 0 spiro atoms. The summed E-state index contributed by atoms with van der Waals surface area (Å²) in [5.74, 6) is 0.0214. The molecule has 1 atom stereocenters. The molecule has 152 valence electrons. The van der Waals surface area contributed by atoms with E-state index in [4.69, 9.17) is 0 Å². The van der Waals surface area contributed by atoms with Gasteiger partial charge in [0, 0.05) is 16.3 Å². The van der Waals surface area contributed by atoms with Crippen LogP contribution in [0.5, 0.6) is 0 Å². The van der Waals surface area contributed by atoms with E-state index in [0.29, 0.717) is 6.42 Å². The molecule has 4 aromatic carbocycles. The van der Waals surface area contributed by atoms with Gasteiger partial charge in [0.1, 0.15) is 0 Å². The minimum absolute atomic E-state index is 0.0214. The highest BCUT2D eigenvalue weighted by atomic mass is 16.1. The molecule has 31 heavy (non-hydrogen) atoms. The monoisotopic (exact) mass is 404 g/mol. The predicted molar refractivity (Wildman–Crippen MR) is 128 cm³/mol. The summed E-state index contributed by atoms with van der Waals surface area (Å²) in [5.41, 5.74) is 6.64. The van der Waals surface area contributed by atoms with E-state index < -0.39 is 0 Å². The van der Waals surface area contributed by atoms with Crippen molar-refractivity contribution in [2.75, 3.05) is 0 Å². The van der Waals surface area contributed by atoms with Crippen LogP contribution in [-0.2, 0) is 11.2 Å². The van der Waals surface area contributed by atoms with E-state index in [2.05, 4.69) is 71.0 Å². The first-order valence-corrected chi connectivity index (χ1v) is 10.6. The number of fused-ring (bicyclic) bond motifs is 3. The Bertz CT molecular complexity index is 1350. The number of carbonyl (C=O) groups excluding carboxylic acids is 1. The first kappa shape index (κ1) is 19.1. The topological polar surface area (TPSA) is 44.9 Å². The van der Waals surface area contributed by atoms with Gasteiger partial charge in [-0.1, -0.05) is 91.0 Å². The van der Waals surface area contributed by atoms with Crippen LogP contribution >= 0.6 is 0 Å². The normalized spacial score (nSPS) is 12.2. The third-order valence-corrected chi connectivity index (χ3v) is 5.84. The van der Waals surface area contributed by atoms with Gasteiger partial charge in [-0.05, 0) is 35.2 Å². The highest BCUT2D eigenvalue weighted by Gasteiger charge is 2.15. The van der Waals surface area contributed by atoms with E-state index in [1.807, 2.05) is 43.3 Å². The van der Waals surface area contributed by atoms with Crippen LogP contribution in [0.1, 0.15) is 24.1 Å². The minimum atomic E-state index is -0.0899. The molecule has 3 nitrogen and oxygen atoms in total.